The lowest BCUT2D eigenvalue weighted by atomic mass is 10.1. The minimum absolute atomic E-state index is 0.229. The van der Waals surface area contributed by atoms with Gasteiger partial charge in [-0.25, -0.2) is 0 Å². The quantitative estimate of drug-likeness (QED) is 0.607. The molecule has 0 aromatic carbocycles. The van der Waals surface area contributed by atoms with Crippen molar-refractivity contribution in [1.29, 1.82) is 0 Å². The fourth-order valence-electron chi connectivity index (χ4n) is 0.860. The van der Waals surface area contributed by atoms with Gasteiger partial charge < -0.3 is 16.2 Å². The van der Waals surface area contributed by atoms with Crippen molar-refractivity contribution in [3.63, 3.8) is 0 Å². The normalized spacial score (nSPS) is 16.1. The van der Waals surface area contributed by atoms with Gasteiger partial charge in [-0.05, 0) is 27.0 Å². The third-order valence-electron chi connectivity index (χ3n) is 1.67. The van der Waals surface area contributed by atoms with Crippen LogP contribution < -0.4 is 11.1 Å². The fraction of sp³-hybridized carbons (Fsp3) is 0.889. The molecule has 4 nitrogen and oxygen atoms in total. The molecule has 0 radical (unpaired) electrons. The average molecular weight is 220 g/mol. The van der Waals surface area contributed by atoms with Crippen molar-refractivity contribution in [2.75, 3.05) is 18.6 Å². The zero-order chi connectivity index (χ0) is 11.4. The summed E-state index contributed by atoms with van der Waals surface area (Å²) in [6.45, 7) is 5.18. The predicted molar refractivity (Wildman–Crippen MR) is 60.3 cm³/mol. The third kappa shape index (κ3) is 5.47. The molecule has 1 amide bonds. The molecule has 0 aromatic heterocycles. The van der Waals surface area contributed by atoms with Gasteiger partial charge in [-0.15, -0.1) is 0 Å². The number of carbonyl (C=O) groups is 1. The monoisotopic (exact) mass is 220 g/mol. The summed E-state index contributed by atoms with van der Waals surface area (Å²) in [6, 6.07) is 0. The first-order valence-electron chi connectivity index (χ1n) is 4.47. The van der Waals surface area contributed by atoms with Crippen molar-refractivity contribution in [3.05, 3.63) is 0 Å². The molecular formula is C9H20N2O2S. The van der Waals surface area contributed by atoms with Gasteiger partial charge in [-0.3, -0.25) is 4.79 Å². The van der Waals surface area contributed by atoms with Gasteiger partial charge in [0.1, 0.15) is 0 Å². The van der Waals surface area contributed by atoms with Gasteiger partial charge in [0.05, 0.1) is 11.1 Å². The molecule has 1 unspecified atom stereocenters. The Morgan fingerprint density at radius 1 is 1.50 bits per heavy atom. The van der Waals surface area contributed by atoms with Crippen molar-refractivity contribution in [1.82, 2.24) is 5.32 Å². The maximum absolute atomic E-state index is 11.4. The van der Waals surface area contributed by atoms with Crippen molar-refractivity contribution in [2.45, 2.75) is 31.9 Å². The zero-order valence-corrected chi connectivity index (χ0v) is 10.1. The molecule has 84 valence electrons. The second kappa shape index (κ2) is 5.00. The Kier molecular flexibility index (Phi) is 4.91. The summed E-state index contributed by atoms with van der Waals surface area (Å²) in [7, 11) is 0. The minimum atomic E-state index is -0.893. The van der Waals surface area contributed by atoms with E-state index in [4.69, 9.17) is 5.73 Å². The lowest BCUT2D eigenvalue weighted by Gasteiger charge is -2.25. The van der Waals surface area contributed by atoms with Crippen LogP contribution in [-0.4, -0.2) is 40.7 Å². The van der Waals surface area contributed by atoms with Gasteiger partial charge in [0.25, 0.3) is 0 Å². The Labute approximate surface area is 89.6 Å². The van der Waals surface area contributed by atoms with E-state index in [1.807, 2.05) is 6.26 Å². The molecule has 14 heavy (non-hydrogen) atoms. The molecule has 0 aliphatic carbocycles. The van der Waals surface area contributed by atoms with Crippen LogP contribution in [0.15, 0.2) is 0 Å². The summed E-state index contributed by atoms with van der Waals surface area (Å²) in [6.07, 6.45) is 1.91. The molecule has 0 saturated carbocycles. The average Bonchev–Trinajstić information content (AvgIpc) is 1.98. The van der Waals surface area contributed by atoms with E-state index in [-0.39, 0.29) is 12.5 Å². The molecule has 0 aromatic rings. The van der Waals surface area contributed by atoms with Crippen LogP contribution in [0, 0.1) is 0 Å². The van der Waals surface area contributed by atoms with Gasteiger partial charge in [-0.1, -0.05) is 0 Å². The van der Waals surface area contributed by atoms with Crippen LogP contribution >= 0.6 is 11.8 Å². The number of hydrogen-bond acceptors (Lipinski definition) is 4. The topological polar surface area (TPSA) is 75.3 Å². The first kappa shape index (κ1) is 13.7. The van der Waals surface area contributed by atoms with E-state index in [9.17, 15) is 9.90 Å². The number of nitrogens with two attached hydrogens (primary N) is 1. The lowest BCUT2D eigenvalue weighted by molar-refractivity contribution is -0.126. The molecule has 0 fully saturated rings. The van der Waals surface area contributed by atoms with E-state index >= 15 is 0 Å². The van der Waals surface area contributed by atoms with E-state index in [0.717, 1.165) is 0 Å². The van der Waals surface area contributed by atoms with Crippen molar-refractivity contribution in [2.24, 2.45) is 5.73 Å². The van der Waals surface area contributed by atoms with Gasteiger partial charge >= 0.3 is 0 Å². The van der Waals surface area contributed by atoms with Crippen LogP contribution in [0.2, 0.25) is 0 Å². The molecular weight excluding hydrogens is 200 g/mol. The number of rotatable bonds is 5. The molecule has 0 rings (SSSR count). The van der Waals surface area contributed by atoms with Crippen LogP contribution in [0.25, 0.3) is 0 Å². The molecule has 0 bridgehead atoms. The molecule has 5 heteroatoms. The molecule has 0 aliphatic heterocycles. The molecule has 1 atom stereocenters. The highest BCUT2D eigenvalue weighted by atomic mass is 32.2. The summed E-state index contributed by atoms with van der Waals surface area (Å²) in [5, 5.41) is 12.4. The number of aliphatic hydroxyl groups is 1. The maximum atomic E-state index is 11.4. The Hall–Kier alpha value is -0.260. The van der Waals surface area contributed by atoms with Crippen LogP contribution in [0.3, 0.4) is 0 Å². The summed E-state index contributed by atoms with van der Waals surface area (Å²) < 4.78 is 0. The first-order valence-corrected chi connectivity index (χ1v) is 5.87. The molecule has 0 aliphatic rings. The Morgan fingerprint density at radius 3 is 2.36 bits per heavy atom. The third-order valence-corrected chi connectivity index (χ3v) is 2.58. The largest absolute Gasteiger partial charge is 0.387 e. The van der Waals surface area contributed by atoms with Gasteiger partial charge in [0, 0.05) is 12.3 Å². The number of nitrogens with one attached hydrogen (secondary N) is 1. The van der Waals surface area contributed by atoms with Crippen LogP contribution in [0.1, 0.15) is 20.8 Å². The first-order chi connectivity index (χ1) is 6.19. The number of hydrogen-bond donors (Lipinski definition) is 3. The van der Waals surface area contributed by atoms with Crippen LogP contribution in [0.5, 0.6) is 0 Å². The van der Waals surface area contributed by atoms with Crippen LogP contribution in [0.4, 0.5) is 0 Å². The van der Waals surface area contributed by atoms with E-state index in [2.05, 4.69) is 5.32 Å². The highest BCUT2D eigenvalue weighted by molar-refractivity contribution is 7.98. The Morgan fingerprint density at radius 2 is 2.00 bits per heavy atom. The summed E-state index contributed by atoms with van der Waals surface area (Å²) >= 11 is 1.54. The number of carbonyl (C=O) groups excluding carboxylic acids is 1. The highest BCUT2D eigenvalue weighted by Gasteiger charge is 2.25. The van der Waals surface area contributed by atoms with E-state index < -0.39 is 11.1 Å². The Bertz CT molecular complexity index is 199. The van der Waals surface area contributed by atoms with E-state index in [0.29, 0.717) is 5.75 Å². The van der Waals surface area contributed by atoms with Gasteiger partial charge in [0.2, 0.25) is 5.91 Å². The second-order valence-electron chi connectivity index (χ2n) is 4.33. The fourth-order valence-corrected chi connectivity index (χ4v) is 1.58. The molecule has 4 N–H and O–H groups in total. The Balaban J connectivity index is 4.00. The van der Waals surface area contributed by atoms with Gasteiger partial charge in [-0.2, -0.15) is 11.8 Å². The highest BCUT2D eigenvalue weighted by Crippen LogP contribution is 2.09. The number of thioether (sulfide) groups is 1. The SMILES string of the molecule is CSCC(C)(O)CNC(=O)C(C)(C)N. The summed E-state index contributed by atoms with van der Waals surface area (Å²) in [5.41, 5.74) is 3.82. The van der Waals surface area contributed by atoms with Crippen molar-refractivity contribution in [3.8, 4) is 0 Å². The lowest BCUT2D eigenvalue weighted by Crippen LogP contribution is -2.53. The smallest absolute Gasteiger partial charge is 0.239 e. The van der Waals surface area contributed by atoms with E-state index in [1.165, 1.54) is 11.8 Å². The molecule has 0 heterocycles. The number of amides is 1. The maximum Gasteiger partial charge on any atom is 0.239 e. The van der Waals surface area contributed by atoms with Crippen molar-refractivity contribution < 1.29 is 9.90 Å². The van der Waals surface area contributed by atoms with Gasteiger partial charge in [0.15, 0.2) is 0 Å². The van der Waals surface area contributed by atoms with E-state index in [1.54, 1.807) is 20.8 Å². The predicted octanol–water partition coefficient (Wildman–Crippen LogP) is -0.0461. The minimum Gasteiger partial charge on any atom is -0.387 e. The molecule has 0 spiro atoms. The van der Waals surface area contributed by atoms with Crippen molar-refractivity contribution >= 4 is 17.7 Å². The summed E-state index contributed by atoms with van der Waals surface area (Å²) in [5.74, 6) is 0.331. The summed E-state index contributed by atoms with van der Waals surface area (Å²) in [4.78, 5) is 11.4. The second-order valence-corrected chi connectivity index (χ2v) is 5.20. The molecule has 0 saturated heterocycles. The van der Waals surface area contributed by atoms with Crippen LogP contribution in [-0.2, 0) is 4.79 Å². The standard InChI is InChI=1S/C9H20N2O2S/c1-8(2,10)7(12)11-5-9(3,13)6-14-4/h13H,5-6,10H2,1-4H3,(H,11,12). The zero-order valence-electron chi connectivity index (χ0n) is 9.26.